The van der Waals surface area contributed by atoms with Gasteiger partial charge in [0.15, 0.2) is 0 Å². The second-order valence-electron chi connectivity index (χ2n) is 4.16. The monoisotopic (exact) mass is 340 g/mol. The molecule has 1 aromatic carbocycles. The SMILES string of the molecule is CCCCCn1ccnc1-c1cccc(I)c1. The third kappa shape index (κ3) is 3.31. The van der Waals surface area contributed by atoms with E-state index in [1.807, 2.05) is 6.20 Å². The fraction of sp³-hybridized carbons (Fsp3) is 0.357. The Kier molecular flexibility index (Phi) is 4.59. The van der Waals surface area contributed by atoms with Crippen LogP contribution in [0, 0.1) is 3.57 Å². The third-order valence-corrected chi connectivity index (χ3v) is 3.47. The van der Waals surface area contributed by atoms with Crippen LogP contribution in [0.2, 0.25) is 0 Å². The van der Waals surface area contributed by atoms with Gasteiger partial charge in [0.1, 0.15) is 5.82 Å². The van der Waals surface area contributed by atoms with Crippen LogP contribution < -0.4 is 0 Å². The van der Waals surface area contributed by atoms with E-state index in [-0.39, 0.29) is 0 Å². The highest BCUT2D eigenvalue weighted by Gasteiger charge is 2.05. The second-order valence-corrected chi connectivity index (χ2v) is 5.41. The van der Waals surface area contributed by atoms with Crippen LogP contribution in [0.1, 0.15) is 26.2 Å². The van der Waals surface area contributed by atoms with Crippen LogP contribution in [0.25, 0.3) is 11.4 Å². The van der Waals surface area contributed by atoms with E-state index in [9.17, 15) is 0 Å². The predicted molar refractivity (Wildman–Crippen MR) is 79.9 cm³/mol. The molecule has 0 aliphatic carbocycles. The minimum absolute atomic E-state index is 1.06. The molecule has 0 amide bonds. The van der Waals surface area contributed by atoms with Crippen molar-refractivity contribution >= 4 is 22.6 Å². The molecule has 0 unspecified atom stereocenters. The number of imidazole rings is 1. The first kappa shape index (κ1) is 12.6. The van der Waals surface area contributed by atoms with E-state index in [1.54, 1.807) is 0 Å². The van der Waals surface area contributed by atoms with E-state index in [0.29, 0.717) is 0 Å². The zero-order valence-electron chi connectivity index (χ0n) is 10.1. The average molecular weight is 340 g/mol. The maximum atomic E-state index is 4.47. The highest BCUT2D eigenvalue weighted by molar-refractivity contribution is 14.1. The molecule has 0 spiro atoms. The molecule has 0 saturated heterocycles. The number of aryl methyl sites for hydroxylation is 1. The summed E-state index contributed by atoms with van der Waals surface area (Å²) in [4.78, 5) is 4.47. The summed E-state index contributed by atoms with van der Waals surface area (Å²) in [6, 6.07) is 8.50. The molecule has 0 atom stereocenters. The first-order chi connectivity index (χ1) is 8.31. The summed E-state index contributed by atoms with van der Waals surface area (Å²) in [5.41, 5.74) is 1.21. The molecule has 3 heteroatoms. The van der Waals surface area contributed by atoms with Gasteiger partial charge in [-0.3, -0.25) is 0 Å². The van der Waals surface area contributed by atoms with Crippen LogP contribution in [-0.4, -0.2) is 9.55 Å². The summed E-state index contributed by atoms with van der Waals surface area (Å²) in [7, 11) is 0. The van der Waals surface area contributed by atoms with Gasteiger partial charge in [-0.05, 0) is 41.1 Å². The number of aromatic nitrogens is 2. The van der Waals surface area contributed by atoms with Crippen molar-refractivity contribution in [3.63, 3.8) is 0 Å². The third-order valence-electron chi connectivity index (χ3n) is 2.80. The van der Waals surface area contributed by atoms with Crippen molar-refractivity contribution in [3.05, 3.63) is 40.2 Å². The fourth-order valence-corrected chi connectivity index (χ4v) is 2.45. The zero-order valence-corrected chi connectivity index (χ0v) is 12.2. The van der Waals surface area contributed by atoms with Crippen molar-refractivity contribution in [2.75, 3.05) is 0 Å². The molecule has 17 heavy (non-hydrogen) atoms. The van der Waals surface area contributed by atoms with Gasteiger partial charge in [0.25, 0.3) is 0 Å². The van der Waals surface area contributed by atoms with Crippen LogP contribution in [0.15, 0.2) is 36.7 Å². The fourth-order valence-electron chi connectivity index (χ4n) is 1.91. The Bertz CT molecular complexity index is 477. The van der Waals surface area contributed by atoms with Crippen LogP contribution in [0.5, 0.6) is 0 Å². The number of rotatable bonds is 5. The van der Waals surface area contributed by atoms with E-state index in [0.717, 1.165) is 12.4 Å². The Balaban J connectivity index is 2.18. The van der Waals surface area contributed by atoms with Gasteiger partial charge in [-0.15, -0.1) is 0 Å². The smallest absolute Gasteiger partial charge is 0.139 e. The summed E-state index contributed by atoms with van der Waals surface area (Å²) in [6.45, 7) is 3.29. The van der Waals surface area contributed by atoms with Crippen LogP contribution in [0.4, 0.5) is 0 Å². The van der Waals surface area contributed by atoms with Crippen molar-refractivity contribution in [1.29, 1.82) is 0 Å². The van der Waals surface area contributed by atoms with Gasteiger partial charge in [-0.2, -0.15) is 0 Å². The molecule has 1 heterocycles. The molecule has 0 radical (unpaired) electrons. The van der Waals surface area contributed by atoms with Gasteiger partial charge < -0.3 is 4.57 Å². The summed E-state index contributed by atoms with van der Waals surface area (Å²) in [6.07, 6.45) is 7.73. The molecule has 0 aliphatic heterocycles. The Morgan fingerprint density at radius 2 is 2.18 bits per heavy atom. The van der Waals surface area contributed by atoms with E-state index in [4.69, 9.17) is 0 Å². The molecular weight excluding hydrogens is 323 g/mol. The summed E-state index contributed by atoms with van der Waals surface area (Å²) < 4.78 is 3.50. The number of hydrogen-bond donors (Lipinski definition) is 0. The van der Waals surface area contributed by atoms with Gasteiger partial charge in [0.2, 0.25) is 0 Å². The minimum atomic E-state index is 1.06. The first-order valence-corrected chi connectivity index (χ1v) is 7.16. The number of halogens is 1. The lowest BCUT2D eigenvalue weighted by Gasteiger charge is -2.07. The second kappa shape index (κ2) is 6.19. The lowest BCUT2D eigenvalue weighted by atomic mass is 10.2. The average Bonchev–Trinajstić information content (AvgIpc) is 2.78. The van der Waals surface area contributed by atoms with Crippen molar-refractivity contribution in [2.24, 2.45) is 0 Å². The lowest BCUT2D eigenvalue weighted by Crippen LogP contribution is -1.99. The van der Waals surface area contributed by atoms with Gasteiger partial charge in [0, 0.05) is 28.1 Å². The number of nitrogens with zero attached hydrogens (tertiary/aromatic N) is 2. The lowest BCUT2D eigenvalue weighted by molar-refractivity contribution is 0.606. The van der Waals surface area contributed by atoms with Crippen molar-refractivity contribution < 1.29 is 0 Å². The minimum Gasteiger partial charge on any atom is -0.331 e. The van der Waals surface area contributed by atoms with E-state index in [2.05, 4.69) is 69.5 Å². The highest BCUT2D eigenvalue weighted by Crippen LogP contribution is 2.20. The van der Waals surface area contributed by atoms with Gasteiger partial charge in [-0.25, -0.2) is 4.98 Å². The largest absolute Gasteiger partial charge is 0.331 e. The van der Waals surface area contributed by atoms with E-state index >= 15 is 0 Å². The molecule has 2 nitrogen and oxygen atoms in total. The van der Waals surface area contributed by atoms with Gasteiger partial charge in [-0.1, -0.05) is 31.9 Å². The Morgan fingerprint density at radius 3 is 2.94 bits per heavy atom. The molecule has 0 aliphatic rings. The summed E-state index contributed by atoms with van der Waals surface area (Å²) in [5, 5.41) is 0. The number of hydrogen-bond acceptors (Lipinski definition) is 1. The quantitative estimate of drug-likeness (QED) is 0.585. The standard InChI is InChI=1S/C14H17IN2/c1-2-3-4-9-17-10-8-16-14(17)12-6-5-7-13(15)11-12/h5-8,10-11H,2-4,9H2,1H3. The topological polar surface area (TPSA) is 17.8 Å². The molecule has 0 bridgehead atoms. The van der Waals surface area contributed by atoms with Crippen molar-refractivity contribution in [1.82, 2.24) is 9.55 Å². The van der Waals surface area contributed by atoms with Gasteiger partial charge in [0.05, 0.1) is 0 Å². The maximum Gasteiger partial charge on any atom is 0.139 e. The summed E-state index contributed by atoms with van der Waals surface area (Å²) in [5.74, 6) is 1.08. The Morgan fingerprint density at radius 1 is 1.29 bits per heavy atom. The predicted octanol–water partition coefficient (Wildman–Crippen LogP) is 4.34. The summed E-state index contributed by atoms with van der Waals surface area (Å²) >= 11 is 2.34. The van der Waals surface area contributed by atoms with Gasteiger partial charge >= 0.3 is 0 Å². The molecular formula is C14H17IN2. The van der Waals surface area contributed by atoms with E-state index in [1.165, 1.54) is 28.4 Å². The van der Waals surface area contributed by atoms with E-state index < -0.39 is 0 Å². The Hall–Kier alpha value is -0.840. The van der Waals surface area contributed by atoms with Crippen molar-refractivity contribution in [2.45, 2.75) is 32.7 Å². The number of benzene rings is 1. The zero-order chi connectivity index (χ0) is 12.1. The van der Waals surface area contributed by atoms with Crippen LogP contribution >= 0.6 is 22.6 Å². The number of unbranched alkanes of at least 4 members (excludes halogenated alkanes) is 2. The molecule has 0 saturated carbocycles. The molecule has 90 valence electrons. The normalized spacial score (nSPS) is 10.7. The molecule has 2 rings (SSSR count). The molecule has 2 aromatic rings. The molecule has 1 aromatic heterocycles. The highest BCUT2D eigenvalue weighted by atomic mass is 127. The van der Waals surface area contributed by atoms with Crippen LogP contribution in [-0.2, 0) is 6.54 Å². The maximum absolute atomic E-state index is 4.47. The first-order valence-electron chi connectivity index (χ1n) is 6.08. The van der Waals surface area contributed by atoms with Crippen molar-refractivity contribution in [3.8, 4) is 11.4 Å². The Labute approximate surface area is 116 Å². The molecule has 0 N–H and O–H groups in total. The van der Waals surface area contributed by atoms with Crippen LogP contribution in [0.3, 0.4) is 0 Å². The molecule has 0 fully saturated rings.